The zero-order valence-electron chi connectivity index (χ0n) is 7.92. The van der Waals surface area contributed by atoms with Gasteiger partial charge >= 0.3 is 0 Å². The molecule has 2 atom stereocenters. The molecule has 0 saturated carbocycles. The molecule has 1 N–H and O–H groups in total. The van der Waals surface area contributed by atoms with Gasteiger partial charge in [0.2, 0.25) is 0 Å². The summed E-state index contributed by atoms with van der Waals surface area (Å²) >= 11 is 2.11. The zero-order chi connectivity index (χ0) is 8.77. The zero-order valence-corrected chi connectivity index (χ0v) is 8.73. The van der Waals surface area contributed by atoms with Crippen molar-refractivity contribution in [1.29, 1.82) is 0 Å². The standard InChI is InChI=1S/C10H18OS/c1-7(2)10(11)5-8-3-4-9(6-10)12-8/h7-9,11H,3-6H2,1-2H3/t8-,9-/m0/s1. The lowest BCUT2D eigenvalue weighted by molar-refractivity contribution is -0.0196. The first-order valence-corrected chi connectivity index (χ1v) is 5.92. The molecular formula is C10H18OS. The highest BCUT2D eigenvalue weighted by atomic mass is 32.2. The largest absolute Gasteiger partial charge is 0.390 e. The Labute approximate surface area is 78.9 Å². The summed E-state index contributed by atoms with van der Waals surface area (Å²) in [6, 6.07) is 0. The minimum Gasteiger partial charge on any atom is -0.390 e. The Balaban J connectivity index is 2.10. The van der Waals surface area contributed by atoms with E-state index in [1.165, 1.54) is 12.8 Å². The van der Waals surface area contributed by atoms with E-state index in [4.69, 9.17) is 0 Å². The van der Waals surface area contributed by atoms with Gasteiger partial charge in [0.1, 0.15) is 0 Å². The molecule has 0 unspecified atom stereocenters. The summed E-state index contributed by atoms with van der Waals surface area (Å²) < 4.78 is 0. The quantitative estimate of drug-likeness (QED) is 0.678. The van der Waals surface area contributed by atoms with Crippen LogP contribution in [0, 0.1) is 5.92 Å². The van der Waals surface area contributed by atoms with Gasteiger partial charge in [-0.05, 0) is 31.6 Å². The van der Waals surface area contributed by atoms with E-state index in [9.17, 15) is 5.11 Å². The molecule has 12 heavy (non-hydrogen) atoms. The first kappa shape index (κ1) is 8.89. The molecule has 2 bridgehead atoms. The molecule has 0 aromatic heterocycles. The van der Waals surface area contributed by atoms with E-state index in [0.717, 1.165) is 23.3 Å². The number of aliphatic hydroxyl groups is 1. The first-order chi connectivity index (χ1) is 5.60. The van der Waals surface area contributed by atoms with Crippen LogP contribution in [0.2, 0.25) is 0 Å². The van der Waals surface area contributed by atoms with Gasteiger partial charge in [-0.25, -0.2) is 0 Å². The second-order valence-corrected chi connectivity index (χ2v) is 6.23. The van der Waals surface area contributed by atoms with E-state index in [0.29, 0.717) is 5.92 Å². The molecule has 0 aromatic rings. The summed E-state index contributed by atoms with van der Waals surface area (Å²) in [7, 11) is 0. The topological polar surface area (TPSA) is 20.2 Å². The Morgan fingerprint density at radius 2 is 1.75 bits per heavy atom. The molecule has 0 spiro atoms. The number of hydrogen-bond acceptors (Lipinski definition) is 2. The third kappa shape index (κ3) is 1.39. The van der Waals surface area contributed by atoms with Crippen molar-refractivity contribution in [3.05, 3.63) is 0 Å². The number of hydrogen-bond donors (Lipinski definition) is 1. The van der Waals surface area contributed by atoms with E-state index in [-0.39, 0.29) is 5.60 Å². The molecule has 2 fully saturated rings. The van der Waals surface area contributed by atoms with Crippen molar-refractivity contribution in [2.45, 2.75) is 55.6 Å². The summed E-state index contributed by atoms with van der Waals surface area (Å²) in [5, 5.41) is 11.8. The van der Waals surface area contributed by atoms with Crippen molar-refractivity contribution in [3.63, 3.8) is 0 Å². The molecule has 2 rings (SSSR count). The third-order valence-electron chi connectivity index (χ3n) is 3.43. The average Bonchev–Trinajstić information content (AvgIpc) is 2.30. The lowest BCUT2D eigenvalue weighted by Crippen LogP contribution is -2.41. The van der Waals surface area contributed by atoms with Crippen molar-refractivity contribution in [2.75, 3.05) is 0 Å². The van der Waals surface area contributed by atoms with Crippen LogP contribution in [0.25, 0.3) is 0 Å². The molecule has 2 heteroatoms. The molecule has 2 saturated heterocycles. The van der Waals surface area contributed by atoms with E-state index in [2.05, 4.69) is 25.6 Å². The summed E-state index contributed by atoms with van der Waals surface area (Å²) in [5.41, 5.74) is -0.336. The lowest BCUT2D eigenvalue weighted by atomic mass is 9.83. The molecule has 2 aliphatic heterocycles. The highest BCUT2D eigenvalue weighted by Gasteiger charge is 2.44. The summed E-state index contributed by atoms with van der Waals surface area (Å²) in [5.74, 6) is 0.432. The van der Waals surface area contributed by atoms with Crippen LogP contribution in [-0.4, -0.2) is 21.2 Å². The Hall–Kier alpha value is 0.310. The average molecular weight is 186 g/mol. The molecule has 0 aromatic carbocycles. The first-order valence-electron chi connectivity index (χ1n) is 4.98. The third-order valence-corrected chi connectivity index (χ3v) is 5.01. The lowest BCUT2D eigenvalue weighted by Gasteiger charge is -2.39. The van der Waals surface area contributed by atoms with Crippen molar-refractivity contribution in [2.24, 2.45) is 5.92 Å². The molecule has 1 nitrogen and oxygen atoms in total. The van der Waals surface area contributed by atoms with Crippen LogP contribution in [0.3, 0.4) is 0 Å². The number of fused-ring (bicyclic) bond motifs is 2. The summed E-state index contributed by atoms with van der Waals surface area (Å²) in [6.07, 6.45) is 4.74. The van der Waals surface area contributed by atoms with E-state index in [1.54, 1.807) is 0 Å². The normalized spacial score (nSPS) is 47.0. The molecule has 70 valence electrons. The van der Waals surface area contributed by atoms with Gasteiger partial charge in [-0.1, -0.05) is 13.8 Å². The monoisotopic (exact) mass is 186 g/mol. The van der Waals surface area contributed by atoms with Crippen molar-refractivity contribution >= 4 is 11.8 Å². The molecular weight excluding hydrogens is 168 g/mol. The van der Waals surface area contributed by atoms with Crippen LogP contribution in [0.1, 0.15) is 39.5 Å². The van der Waals surface area contributed by atoms with Crippen molar-refractivity contribution in [3.8, 4) is 0 Å². The van der Waals surface area contributed by atoms with Gasteiger partial charge in [0.15, 0.2) is 0 Å². The number of thioether (sulfide) groups is 1. The van der Waals surface area contributed by atoms with Crippen LogP contribution in [0.15, 0.2) is 0 Å². The Morgan fingerprint density at radius 1 is 1.25 bits per heavy atom. The van der Waals surface area contributed by atoms with Crippen LogP contribution in [0.5, 0.6) is 0 Å². The maximum Gasteiger partial charge on any atom is 0.0691 e. The predicted octanol–water partition coefficient (Wildman–Crippen LogP) is 2.43. The molecule has 0 radical (unpaired) electrons. The van der Waals surface area contributed by atoms with E-state index in [1.807, 2.05) is 0 Å². The van der Waals surface area contributed by atoms with Crippen LogP contribution in [0.4, 0.5) is 0 Å². The SMILES string of the molecule is CC(C)C1(O)C[C@@H]2CC[C@@H](C1)S2. The predicted molar refractivity (Wildman–Crippen MR) is 53.4 cm³/mol. The van der Waals surface area contributed by atoms with Gasteiger partial charge in [0.25, 0.3) is 0 Å². The molecule has 2 aliphatic rings. The summed E-state index contributed by atoms with van der Waals surface area (Å²) in [4.78, 5) is 0. The second-order valence-electron chi connectivity index (χ2n) is 4.62. The highest BCUT2D eigenvalue weighted by Crippen LogP contribution is 2.49. The maximum atomic E-state index is 10.3. The second kappa shape index (κ2) is 2.91. The van der Waals surface area contributed by atoms with Crippen LogP contribution < -0.4 is 0 Å². The van der Waals surface area contributed by atoms with Crippen molar-refractivity contribution < 1.29 is 5.11 Å². The van der Waals surface area contributed by atoms with Gasteiger partial charge in [-0.15, -0.1) is 0 Å². The molecule has 0 amide bonds. The number of rotatable bonds is 1. The fourth-order valence-corrected chi connectivity index (χ4v) is 4.28. The smallest absolute Gasteiger partial charge is 0.0691 e. The molecule has 0 aliphatic carbocycles. The Kier molecular flexibility index (Phi) is 2.16. The van der Waals surface area contributed by atoms with Gasteiger partial charge in [-0.3, -0.25) is 0 Å². The van der Waals surface area contributed by atoms with Crippen molar-refractivity contribution in [1.82, 2.24) is 0 Å². The Morgan fingerprint density at radius 3 is 2.17 bits per heavy atom. The van der Waals surface area contributed by atoms with E-state index >= 15 is 0 Å². The molecule has 2 heterocycles. The van der Waals surface area contributed by atoms with E-state index < -0.39 is 0 Å². The fraction of sp³-hybridized carbons (Fsp3) is 1.00. The van der Waals surface area contributed by atoms with Gasteiger partial charge in [0, 0.05) is 10.5 Å². The minimum absolute atomic E-state index is 0.336. The summed E-state index contributed by atoms with van der Waals surface area (Å²) in [6.45, 7) is 4.30. The van der Waals surface area contributed by atoms with Gasteiger partial charge in [-0.2, -0.15) is 11.8 Å². The fourth-order valence-electron chi connectivity index (χ4n) is 2.42. The maximum absolute atomic E-state index is 10.3. The van der Waals surface area contributed by atoms with Gasteiger partial charge in [0.05, 0.1) is 5.60 Å². The highest BCUT2D eigenvalue weighted by molar-refractivity contribution is 8.00. The van der Waals surface area contributed by atoms with Crippen LogP contribution >= 0.6 is 11.8 Å². The minimum atomic E-state index is -0.336. The van der Waals surface area contributed by atoms with Gasteiger partial charge < -0.3 is 5.11 Å². The van der Waals surface area contributed by atoms with Crippen LogP contribution in [-0.2, 0) is 0 Å². The Bertz CT molecular complexity index is 167.